The lowest BCUT2D eigenvalue weighted by Crippen LogP contribution is -2.42. The molecule has 2 saturated carbocycles. The van der Waals surface area contributed by atoms with Gasteiger partial charge in [0.1, 0.15) is 0 Å². The van der Waals surface area contributed by atoms with Crippen molar-refractivity contribution in [2.24, 2.45) is 5.73 Å². The van der Waals surface area contributed by atoms with Crippen molar-refractivity contribution in [2.45, 2.75) is 101 Å². The normalized spacial score (nSPS) is 20.8. The third kappa shape index (κ3) is 7.64. The minimum absolute atomic E-state index is 0.0865. The molecule has 36 heavy (non-hydrogen) atoms. The summed E-state index contributed by atoms with van der Waals surface area (Å²) in [6.45, 7) is 5.63. The van der Waals surface area contributed by atoms with Crippen molar-refractivity contribution in [3.05, 3.63) is 70.8 Å². The summed E-state index contributed by atoms with van der Waals surface area (Å²) in [4.78, 5) is 2.19. The molecule has 4 N–H and O–H groups in total. The molecule has 2 aromatic carbocycles. The zero-order valence-electron chi connectivity index (χ0n) is 23.2. The topological polar surface area (TPSA) is 69.7 Å². The van der Waals surface area contributed by atoms with Gasteiger partial charge in [0.25, 0.3) is 0 Å². The molecule has 0 aliphatic heterocycles. The summed E-state index contributed by atoms with van der Waals surface area (Å²) in [5.74, 6) is 0.312. The second-order valence-electron chi connectivity index (χ2n) is 11.8. The number of aryl methyl sites for hydroxylation is 2. The highest BCUT2D eigenvalue weighted by molar-refractivity contribution is 5.28. The quantitative estimate of drug-likeness (QED) is 0.437. The fourth-order valence-corrected chi connectivity index (χ4v) is 6.24. The van der Waals surface area contributed by atoms with Crippen molar-refractivity contribution in [1.82, 2.24) is 4.90 Å². The highest BCUT2D eigenvalue weighted by Gasteiger charge is 2.39. The van der Waals surface area contributed by atoms with E-state index >= 15 is 0 Å². The Morgan fingerprint density at radius 3 is 1.39 bits per heavy atom. The van der Waals surface area contributed by atoms with Crippen LogP contribution in [0.25, 0.3) is 0 Å². The second-order valence-corrected chi connectivity index (χ2v) is 11.8. The number of hydrogen-bond acceptors (Lipinski definition) is 4. The van der Waals surface area contributed by atoms with Crippen LogP contribution in [0.5, 0.6) is 0 Å². The highest BCUT2D eigenvalue weighted by Crippen LogP contribution is 2.41. The lowest BCUT2D eigenvalue weighted by molar-refractivity contribution is -0.0277. The lowest BCUT2D eigenvalue weighted by Gasteiger charge is -2.40. The first-order chi connectivity index (χ1) is 17.2. The van der Waals surface area contributed by atoms with Gasteiger partial charge < -0.3 is 20.8 Å². The lowest BCUT2D eigenvalue weighted by atomic mass is 9.72. The van der Waals surface area contributed by atoms with Crippen LogP contribution in [-0.2, 0) is 0 Å². The molecule has 2 unspecified atom stereocenters. The highest BCUT2D eigenvalue weighted by atomic mass is 16.3. The number of nitrogens with zero attached hydrogens (tertiary/aromatic N) is 1. The molecular formula is C32H50N2O2. The Morgan fingerprint density at radius 1 is 0.667 bits per heavy atom. The van der Waals surface area contributed by atoms with E-state index in [-0.39, 0.29) is 11.8 Å². The zero-order chi connectivity index (χ0) is 26.2. The largest absolute Gasteiger partial charge is 0.389 e. The van der Waals surface area contributed by atoms with Crippen LogP contribution in [0.4, 0.5) is 0 Å². The fraction of sp³-hybridized carbons (Fsp3) is 0.625. The molecule has 2 atom stereocenters. The van der Waals surface area contributed by atoms with Gasteiger partial charge in [-0.25, -0.2) is 0 Å². The molecule has 4 rings (SSSR count). The second kappa shape index (κ2) is 13.2. The maximum Gasteiger partial charge on any atom is 0.0728 e. The Hall–Kier alpha value is -1.72. The molecule has 2 fully saturated rings. The van der Waals surface area contributed by atoms with Crippen LogP contribution < -0.4 is 5.73 Å². The number of hydrogen-bond donors (Lipinski definition) is 3. The van der Waals surface area contributed by atoms with Gasteiger partial charge in [0.05, 0.1) is 11.2 Å². The zero-order valence-corrected chi connectivity index (χ0v) is 23.2. The summed E-state index contributed by atoms with van der Waals surface area (Å²) in [5, 5.41) is 21.8. The van der Waals surface area contributed by atoms with Crippen molar-refractivity contribution in [1.29, 1.82) is 0 Å². The van der Waals surface area contributed by atoms with Crippen LogP contribution >= 0.6 is 0 Å². The maximum absolute atomic E-state index is 11.1. The smallest absolute Gasteiger partial charge is 0.0728 e. The van der Waals surface area contributed by atoms with Crippen LogP contribution in [0.1, 0.15) is 98.3 Å². The van der Waals surface area contributed by atoms with Crippen LogP contribution in [0.15, 0.2) is 48.5 Å². The number of aliphatic hydroxyl groups is 2. The van der Waals surface area contributed by atoms with Gasteiger partial charge in [0.2, 0.25) is 0 Å². The van der Waals surface area contributed by atoms with Crippen LogP contribution in [0.2, 0.25) is 0 Å². The molecule has 0 spiro atoms. The van der Waals surface area contributed by atoms with E-state index in [1.165, 1.54) is 35.1 Å². The minimum Gasteiger partial charge on any atom is -0.389 e. The Morgan fingerprint density at radius 2 is 1.03 bits per heavy atom. The van der Waals surface area contributed by atoms with E-state index in [0.29, 0.717) is 6.54 Å². The summed E-state index contributed by atoms with van der Waals surface area (Å²) in [5.41, 5.74) is 9.80. The first-order valence-electron chi connectivity index (χ1n) is 14.1. The summed E-state index contributed by atoms with van der Waals surface area (Å²) in [6, 6.07) is 17.1. The van der Waals surface area contributed by atoms with Crippen LogP contribution in [0.3, 0.4) is 0 Å². The Kier molecular flexibility index (Phi) is 10.6. The van der Waals surface area contributed by atoms with Crippen molar-refractivity contribution in [2.75, 3.05) is 27.2 Å². The summed E-state index contributed by atoms with van der Waals surface area (Å²) in [7, 11) is 4.18. The predicted molar refractivity (Wildman–Crippen MR) is 152 cm³/mol. The SMILES string of the molecule is Cc1ccc(C(CN(C)C)C2(O)CCCCC2)cc1.Cc1ccc(C(CN)C2(O)CCCCC2)cc1. The predicted octanol–water partition coefficient (Wildman–Crippen LogP) is 6.07. The van der Waals surface area contributed by atoms with E-state index in [1.54, 1.807) is 0 Å². The van der Waals surface area contributed by atoms with Gasteiger partial charge in [-0.3, -0.25) is 0 Å². The van der Waals surface area contributed by atoms with E-state index in [1.807, 2.05) is 0 Å². The van der Waals surface area contributed by atoms with E-state index in [4.69, 9.17) is 5.73 Å². The van der Waals surface area contributed by atoms with Crippen molar-refractivity contribution in [3.8, 4) is 0 Å². The molecule has 4 nitrogen and oxygen atoms in total. The summed E-state index contributed by atoms with van der Waals surface area (Å²) >= 11 is 0. The first kappa shape index (κ1) is 28.8. The molecule has 0 radical (unpaired) electrons. The Bertz CT molecular complexity index is 895. The van der Waals surface area contributed by atoms with Gasteiger partial charge in [0, 0.05) is 24.9 Å². The number of rotatable bonds is 7. The van der Waals surface area contributed by atoms with Gasteiger partial charge in [-0.15, -0.1) is 0 Å². The molecule has 2 aliphatic carbocycles. The van der Waals surface area contributed by atoms with Gasteiger partial charge in [-0.2, -0.15) is 0 Å². The van der Waals surface area contributed by atoms with E-state index < -0.39 is 11.2 Å². The molecule has 200 valence electrons. The van der Waals surface area contributed by atoms with Gasteiger partial charge >= 0.3 is 0 Å². The van der Waals surface area contributed by atoms with Crippen molar-refractivity contribution in [3.63, 3.8) is 0 Å². The van der Waals surface area contributed by atoms with Crippen LogP contribution in [-0.4, -0.2) is 53.5 Å². The molecule has 0 aromatic heterocycles. The molecule has 0 bridgehead atoms. The van der Waals surface area contributed by atoms with Crippen molar-refractivity contribution < 1.29 is 10.2 Å². The first-order valence-corrected chi connectivity index (χ1v) is 14.1. The number of likely N-dealkylation sites (N-methyl/N-ethyl adjacent to an activating group) is 1. The molecule has 0 amide bonds. The average Bonchev–Trinajstić information content (AvgIpc) is 2.86. The van der Waals surface area contributed by atoms with Gasteiger partial charge in [0.15, 0.2) is 0 Å². The van der Waals surface area contributed by atoms with E-state index in [0.717, 1.165) is 57.9 Å². The van der Waals surface area contributed by atoms with Gasteiger partial charge in [-0.1, -0.05) is 98.2 Å². The third-order valence-corrected chi connectivity index (χ3v) is 8.48. The Balaban J connectivity index is 0.000000202. The summed E-state index contributed by atoms with van der Waals surface area (Å²) < 4.78 is 0. The maximum atomic E-state index is 11.1. The third-order valence-electron chi connectivity index (χ3n) is 8.48. The monoisotopic (exact) mass is 494 g/mol. The van der Waals surface area contributed by atoms with Crippen LogP contribution in [0, 0.1) is 13.8 Å². The molecule has 4 heteroatoms. The van der Waals surface area contributed by atoms with E-state index in [2.05, 4.69) is 81.4 Å². The Labute approximate surface area is 219 Å². The number of nitrogens with two attached hydrogens (primary N) is 1. The molecule has 0 saturated heterocycles. The molecule has 2 aliphatic rings. The van der Waals surface area contributed by atoms with Gasteiger partial charge in [-0.05, 0) is 64.8 Å². The minimum atomic E-state index is -0.581. The average molecular weight is 495 g/mol. The summed E-state index contributed by atoms with van der Waals surface area (Å²) in [6.07, 6.45) is 10.7. The van der Waals surface area contributed by atoms with Crippen molar-refractivity contribution >= 4 is 0 Å². The van der Waals surface area contributed by atoms with E-state index in [9.17, 15) is 10.2 Å². The molecule has 2 aromatic rings. The number of benzene rings is 2. The fourth-order valence-electron chi connectivity index (χ4n) is 6.24. The molecule has 0 heterocycles. The molecular weight excluding hydrogens is 444 g/mol. The standard InChI is InChI=1S/C17H27NO.C15H23NO/c1-14-7-9-15(10-8-14)16(13-18(2)3)17(19)11-5-4-6-12-17;1-12-5-7-13(8-6-12)14(11-16)15(17)9-3-2-4-10-15/h7-10,16,19H,4-6,11-13H2,1-3H3;5-8,14,17H,2-4,9-11,16H2,1H3.